The van der Waals surface area contributed by atoms with E-state index < -0.39 is 5.60 Å². The minimum Gasteiger partial charge on any atom is -0.387 e. The number of hydrogen-bond donors (Lipinski definition) is 3. The summed E-state index contributed by atoms with van der Waals surface area (Å²) >= 11 is 0. The van der Waals surface area contributed by atoms with Crippen LogP contribution >= 0.6 is 0 Å². The number of hydrogen-bond acceptors (Lipinski definition) is 5. The van der Waals surface area contributed by atoms with Crippen LogP contribution in [0.25, 0.3) is 0 Å². The highest BCUT2D eigenvalue weighted by molar-refractivity contribution is 5.79. The molecule has 0 aromatic heterocycles. The zero-order valence-corrected chi connectivity index (χ0v) is 15.3. The summed E-state index contributed by atoms with van der Waals surface area (Å²) in [6.45, 7) is 10.9. The van der Waals surface area contributed by atoms with Crippen LogP contribution < -0.4 is 10.6 Å². The Morgan fingerprint density at radius 3 is 2.61 bits per heavy atom. The van der Waals surface area contributed by atoms with Gasteiger partial charge in [0.2, 0.25) is 0 Å². The number of aliphatic hydroxyl groups is 1. The van der Waals surface area contributed by atoms with Gasteiger partial charge < -0.3 is 25.4 Å². The SMILES string of the molecule is CCNC(=NCC(C)(O)CN1CCOCC1)NCCCN(C)C. The van der Waals surface area contributed by atoms with Crippen LogP contribution in [0.2, 0.25) is 0 Å². The molecule has 0 aliphatic carbocycles. The van der Waals surface area contributed by atoms with E-state index in [-0.39, 0.29) is 0 Å². The standard InChI is InChI=1S/C16H35N5O2/c1-5-17-15(18-7-6-8-20(3)4)19-13-16(2,22)14-21-9-11-23-12-10-21/h22H,5-14H2,1-4H3,(H2,17,18,19). The normalized spacial score (nSPS) is 19.7. The van der Waals surface area contributed by atoms with Gasteiger partial charge in [-0.25, -0.2) is 0 Å². The molecule has 1 unspecified atom stereocenters. The van der Waals surface area contributed by atoms with Crippen LogP contribution in [0.1, 0.15) is 20.3 Å². The summed E-state index contributed by atoms with van der Waals surface area (Å²) in [5.74, 6) is 0.772. The molecule has 1 fully saturated rings. The van der Waals surface area contributed by atoms with E-state index in [0.717, 1.165) is 58.3 Å². The van der Waals surface area contributed by atoms with Crippen molar-refractivity contribution in [2.24, 2.45) is 4.99 Å². The minimum absolute atomic E-state index is 0.382. The van der Waals surface area contributed by atoms with Crippen molar-refractivity contribution in [3.05, 3.63) is 0 Å². The highest BCUT2D eigenvalue weighted by atomic mass is 16.5. The largest absolute Gasteiger partial charge is 0.387 e. The van der Waals surface area contributed by atoms with Gasteiger partial charge in [0.15, 0.2) is 5.96 Å². The first kappa shape index (κ1) is 20.2. The molecule has 136 valence electrons. The Balaban J connectivity index is 2.40. The molecule has 7 nitrogen and oxygen atoms in total. The monoisotopic (exact) mass is 329 g/mol. The highest BCUT2D eigenvalue weighted by Gasteiger charge is 2.25. The van der Waals surface area contributed by atoms with Gasteiger partial charge in [-0.15, -0.1) is 0 Å². The van der Waals surface area contributed by atoms with E-state index in [4.69, 9.17) is 4.74 Å². The van der Waals surface area contributed by atoms with E-state index in [1.165, 1.54) is 0 Å². The van der Waals surface area contributed by atoms with E-state index in [0.29, 0.717) is 13.1 Å². The predicted molar refractivity (Wildman–Crippen MR) is 95.0 cm³/mol. The van der Waals surface area contributed by atoms with Gasteiger partial charge in [-0.3, -0.25) is 9.89 Å². The Kier molecular flexibility index (Phi) is 9.47. The molecule has 0 amide bonds. The number of nitrogens with zero attached hydrogens (tertiary/aromatic N) is 3. The molecule has 1 rings (SSSR count). The van der Waals surface area contributed by atoms with Gasteiger partial charge in [-0.05, 0) is 40.9 Å². The molecular weight excluding hydrogens is 294 g/mol. The van der Waals surface area contributed by atoms with Crippen molar-refractivity contribution in [2.75, 3.05) is 73.1 Å². The number of ether oxygens (including phenoxy) is 1. The smallest absolute Gasteiger partial charge is 0.191 e. The number of morpholine rings is 1. The third-order valence-electron chi connectivity index (χ3n) is 3.66. The second kappa shape index (κ2) is 10.8. The first-order chi connectivity index (χ1) is 10.9. The van der Waals surface area contributed by atoms with Crippen molar-refractivity contribution in [1.29, 1.82) is 0 Å². The van der Waals surface area contributed by atoms with Crippen LogP contribution in [0, 0.1) is 0 Å². The van der Waals surface area contributed by atoms with Crippen LogP contribution in [0.5, 0.6) is 0 Å². The summed E-state index contributed by atoms with van der Waals surface area (Å²) in [5, 5.41) is 17.1. The Morgan fingerprint density at radius 2 is 2.00 bits per heavy atom. The van der Waals surface area contributed by atoms with E-state index >= 15 is 0 Å². The molecule has 0 spiro atoms. The average Bonchev–Trinajstić information content (AvgIpc) is 2.49. The zero-order chi connectivity index (χ0) is 17.1. The Hall–Kier alpha value is -0.890. The quantitative estimate of drug-likeness (QED) is 0.303. The summed E-state index contributed by atoms with van der Waals surface area (Å²) in [6.07, 6.45) is 1.06. The van der Waals surface area contributed by atoms with Gasteiger partial charge in [0.1, 0.15) is 0 Å². The number of nitrogens with one attached hydrogen (secondary N) is 2. The maximum absolute atomic E-state index is 10.6. The van der Waals surface area contributed by atoms with Gasteiger partial charge in [0.05, 0.1) is 25.4 Å². The predicted octanol–water partition coefficient (Wildman–Crippen LogP) is -0.424. The molecule has 0 bridgehead atoms. The lowest BCUT2D eigenvalue weighted by atomic mass is 10.1. The number of β-amino-alcohol motifs (C(OH)–C–C–N with tert-alkyl or cyclic N) is 1. The molecule has 23 heavy (non-hydrogen) atoms. The van der Waals surface area contributed by atoms with Crippen molar-refractivity contribution in [3.63, 3.8) is 0 Å². The van der Waals surface area contributed by atoms with Crippen LogP contribution in [0.15, 0.2) is 4.99 Å². The van der Waals surface area contributed by atoms with Gasteiger partial charge >= 0.3 is 0 Å². The first-order valence-corrected chi connectivity index (χ1v) is 8.62. The van der Waals surface area contributed by atoms with Crippen LogP contribution in [0.3, 0.4) is 0 Å². The van der Waals surface area contributed by atoms with Gasteiger partial charge in [-0.2, -0.15) is 0 Å². The maximum Gasteiger partial charge on any atom is 0.191 e. The lowest BCUT2D eigenvalue weighted by Crippen LogP contribution is -2.48. The van der Waals surface area contributed by atoms with E-state index in [1.807, 2.05) is 13.8 Å². The number of rotatable bonds is 9. The number of aliphatic imine (C=N–C) groups is 1. The Morgan fingerprint density at radius 1 is 1.30 bits per heavy atom. The fourth-order valence-corrected chi connectivity index (χ4v) is 2.48. The van der Waals surface area contributed by atoms with Crippen molar-refractivity contribution >= 4 is 5.96 Å². The summed E-state index contributed by atoms with van der Waals surface area (Å²) in [7, 11) is 4.14. The topological polar surface area (TPSA) is 72.4 Å². The summed E-state index contributed by atoms with van der Waals surface area (Å²) < 4.78 is 5.34. The van der Waals surface area contributed by atoms with Crippen LogP contribution in [0.4, 0.5) is 0 Å². The molecule has 7 heteroatoms. The Bertz CT molecular complexity index is 341. The van der Waals surface area contributed by atoms with Gasteiger partial charge in [0, 0.05) is 32.7 Å². The third-order valence-corrected chi connectivity index (χ3v) is 3.66. The molecule has 0 saturated carbocycles. The molecule has 1 aliphatic rings. The average molecular weight is 329 g/mol. The molecule has 1 atom stereocenters. The number of guanidine groups is 1. The highest BCUT2D eigenvalue weighted by Crippen LogP contribution is 2.09. The van der Waals surface area contributed by atoms with E-state index in [2.05, 4.69) is 39.5 Å². The molecule has 0 radical (unpaired) electrons. The molecule has 1 aliphatic heterocycles. The van der Waals surface area contributed by atoms with Crippen molar-refractivity contribution < 1.29 is 9.84 Å². The Labute approximate surface area is 141 Å². The second-order valence-electron chi connectivity index (χ2n) is 6.66. The summed E-state index contributed by atoms with van der Waals surface area (Å²) in [6, 6.07) is 0. The first-order valence-electron chi connectivity index (χ1n) is 8.62. The summed E-state index contributed by atoms with van der Waals surface area (Å²) in [5.41, 5.74) is -0.830. The van der Waals surface area contributed by atoms with Crippen LogP contribution in [-0.2, 0) is 4.74 Å². The molecule has 3 N–H and O–H groups in total. The lowest BCUT2D eigenvalue weighted by Gasteiger charge is -2.33. The lowest BCUT2D eigenvalue weighted by molar-refractivity contribution is -0.0179. The molecule has 0 aromatic carbocycles. The molecule has 1 heterocycles. The summed E-state index contributed by atoms with van der Waals surface area (Å²) in [4.78, 5) is 8.94. The van der Waals surface area contributed by atoms with E-state index in [9.17, 15) is 5.11 Å². The van der Waals surface area contributed by atoms with Crippen molar-refractivity contribution in [1.82, 2.24) is 20.4 Å². The fourth-order valence-electron chi connectivity index (χ4n) is 2.48. The second-order valence-corrected chi connectivity index (χ2v) is 6.66. The fraction of sp³-hybridized carbons (Fsp3) is 0.938. The molecule has 1 saturated heterocycles. The van der Waals surface area contributed by atoms with Crippen molar-refractivity contribution in [2.45, 2.75) is 25.9 Å². The molecular formula is C16H35N5O2. The van der Waals surface area contributed by atoms with Crippen molar-refractivity contribution in [3.8, 4) is 0 Å². The van der Waals surface area contributed by atoms with E-state index in [1.54, 1.807) is 0 Å². The maximum atomic E-state index is 10.6. The minimum atomic E-state index is -0.830. The van der Waals surface area contributed by atoms with Gasteiger partial charge in [-0.1, -0.05) is 0 Å². The zero-order valence-electron chi connectivity index (χ0n) is 15.3. The van der Waals surface area contributed by atoms with Crippen LogP contribution in [-0.4, -0.2) is 99.6 Å². The van der Waals surface area contributed by atoms with Gasteiger partial charge in [0.25, 0.3) is 0 Å². The molecule has 0 aromatic rings. The third kappa shape index (κ3) is 9.76.